The van der Waals surface area contributed by atoms with Gasteiger partial charge >= 0.3 is 5.97 Å². The van der Waals surface area contributed by atoms with Gasteiger partial charge in [-0.05, 0) is 74.6 Å². The number of benzene rings is 4. The number of hydrogen-bond acceptors (Lipinski definition) is 20. The van der Waals surface area contributed by atoms with E-state index >= 15 is 0 Å². The number of hydrogen-bond donors (Lipinski definition) is 4. The Morgan fingerprint density at radius 3 is 1.31 bits per heavy atom. The summed E-state index contributed by atoms with van der Waals surface area (Å²) >= 11 is 0. The Labute approximate surface area is 573 Å². The fourth-order valence-electron chi connectivity index (χ4n) is 11.4. The number of methoxy groups -OCH3 is 2. The summed E-state index contributed by atoms with van der Waals surface area (Å²) in [5, 5.41) is 25.7. The van der Waals surface area contributed by atoms with Gasteiger partial charge in [0.2, 0.25) is 5.91 Å². The molecule has 0 saturated carbocycles. The van der Waals surface area contributed by atoms with Gasteiger partial charge in [-0.3, -0.25) is 48.2 Å². The highest BCUT2D eigenvalue weighted by Crippen LogP contribution is 2.32. The van der Waals surface area contributed by atoms with E-state index in [-0.39, 0.29) is 86.9 Å². The van der Waals surface area contributed by atoms with E-state index in [0.717, 1.165) is 49.3 Å². The minimum atomic E-state index is -1.12. The predicted molar refractivity (Wildman–Crippen MR) is 362 cm³/mol. The van der Waals surface area contributed by atoms with E-state index in [0.29, 0.717) is 83.3 Å². The number of aromatic nitrogens is 2. The lowest BCUT2D eigenvalue weighted by Crippen LogP contribution is -2.50. The summed E-state index contributed by atoms with van der Waals surface area (Å²) in [6.07, 6.45) is 2.32. The highest BCUT2D eigenvalue weighted by atomic mass is 16.6. The molecule has 4 fully saturated rings. The maximum atomic E-state index is 13.9. The molecule has 4 saturated heterocycles. The molecule has 4 aliphatic rings. The number of carboxylic acid groups (broad SMARTS) is 1. The molecule has 4 aromatic carbocycles. The SMILES string of the molecule is C.COC[C@H](CC(=O)[C@H](CCc1ccccc1)NC(=O)c1cc(CN2CCOCC2)on1)C(=O)N[C@@H](Cc1ccccc1)C(=O)[C@@]1(C)CO1.COC[C@H](CC(=O)[C@H](CCc1ccccc1)NC(=O)c1cc(CN2CCOCC2)on1)C(=O)O.C[C@@H](Cc1ccccc1)C(=O)[C@@]1(C)CO1. The van der Waals surface area contributed by atoms with Crippen LogP contribution in [-0.2, 0) is 96.0 Å². The number of aliphatic carboxylic acids is 1. The fraction of sp³-hybridized carbons (Fsp3) is 0.486. The van der Waals surface area contributed by atoms with E-state index in [1.54, 1.807) is 19.1 Å². The molecule has 0 aliphatic carbocycles. The Morgan fingerprint density at radius 2 is 0.908 bits per heavy atom. The van der Waals surface area contributed by atoms with E-state index in [4.69, 9.17) is 37.5 Å². The molecule has 0 spiro atoms. The van der Waals surface area contributed by atoms with Crippen molar-refractivity contribution in [2.75, 3.05) is 93.3 Å². The van der Waals surface area contributed by atoms with Gasteiger partial charge in [0.25, 0.3) is 11.8 Å². The molecule has 0 unspecified atom stereocenters. The van der Waals surface area contributed by atoms with Crippen LogP contribution in [0, 0.1) is 17.8 Å². The molecular formula is C74H95N7O17. The second kappa shape index (κ2) is 38.6. The van der Waals surface area contributed by atoms with Crippen molar-refractivity contribution in [3.8, 4) is 0 Å². The number of aryl methyl sites for hydroxylation is 2. The maximum absolute atomic E-state index is 13.9. The molecule has 24 nitrogen and oxygen atoms in total. The molecule has 98 heavy (non-hydrogen) atoms. The molecule has 10 rings (SSSR count). The lowest BCUT2D eigenvalue weighted by molar-refractivity contribution is -0.146. The summed E-state index contributed by atoms with van der Waals surface area (Å²) in [6, 6.07) is 39.2. The van der Waals surface area contributed by atoms with Gasteiger partial charge in [0.15, 0.2) is 46.0 Å². The van der Waals surface area contributed by atoms with Crippen LogP contribution in [0.4, 0.5) is 0 Å². The van der Waals surface area contributed by atoms with Crippen molar-refractivity contribution >= 4 is 46.8 Å². The van der Waals surface area contributed by atoms with Crippen molar-refractivity contribution in [1.29, 1.82) is 0 Å². The van der Waals surface area contributed by atoms with Crippen molar-refractivity contribution in [2.45, 2.75) is 122 Å². The third-order valence-electron chi connectivity index (χ3n) is 17.4. The lowest BCUT2D eigenvalue weighted by Gasteiger charge is -2.25. The molecule has 8 atom stereocenters. The van der Waals surface area contributed by atoms with Crippen molar-refractivity contribution in [3.63, 3.8) is 0 Å². The number of morpholine rings is 2. The van der Waals surface area contributed by atoms with Gasteiger partial charge in [0, 0.05) is 71.3 Å². The topological polar surface area (TPSA) is 313 Å². The van der Waals surface area contributed by atoms with E-state index in [1.807, 2.05) is 123 Å². The van der Waals surface area contributed by atoms with Crippen LogP contribution in [0.2, 0.25) is 0 Å². The molecule has 6 aromatic rings. The first kappa shape index (κ1) is 76.9. The second-order valence-electron chi connectivity index (χ2n) is 25.3. The third kappa shape index (κ3) is 24.5. The molecule has 24 heteroatoms. The first-order valence-corrected chi connectivity index (χ1v) is 33.0. The van der Waals surface area contributed by atoms with Crippen LogP contribution in [0.25, 0.3) is 0 Å². The Morgan fingerprint density at radius 1 is 0.531 bits per heavy atom. The van der Waals surface area contributed by atoms with Gasteiger partial charge < -0.3 is 58.5 Å². The normalized spacial score (nSPS) is 19.1. The highest BCUT2D eigenvalue weighted by molar-refractivity contribution is 6.00. The average Bonchev–Trinajstić information content (AvgIpc) is 1.65. The number of carbonyl (C=O) groups excluding carboxylic acids is 7. The number of nitrogens with one attached hydrogen (secondary N) is 3. The largest absolute Gasteiger partial charge is 0.481 e. The van der Waals surface area contributed by atoms with Gasteiger partial charge in [0.05, 0.1) is 95.9 Å². The number of Topliss-reactive ketones (excluding diaryl/α,β-unsaturated/α-hetero) is 4. The maximum Gasteiger partial charge on any atom is 0.309 e. The van der Waals surface area contributed by atoms with Crippen LogP contribution in [0.5, 0.6) is 0 Å². The molecule has 0 radical (unpaired) electrons. The minimum absolute atomic E-state index is 0. The summed E-state index contributed by atoms with van der Waals surface area (Å²) < 4.78 is 42.3. The van der Waals surface area contributed by atoms with E-state index in [1.165, 1.54) is 19.8 Å². The second-order valence-corrected chi connectivity index (χ2v) is 25.3. The summed E-state index contributed by atoms with van der Waals surface area (Å²) in [5.74, 6) is -4.15. The number of ketones is 4. The number of nitrogens with zero attached hydrogens (tertiary/aromatic N) is 4. The zero-order valence-electron chi connectivity index (χ0n) is 56.0. The van der Waals surface area contributed by atoms with Crippen LogP contribution in [0.15, 0.2) is 143 Å². The number of rotatable bonds is 35. The van der Waals surface area contributed by atoms with E-state index < -0.39 is 64.9 Å². The van der Waals surface area contributed by atoms with Crippen LogP contribution >= 0.6 is 0 Å². The Balaban J connectivity index is 0.000000233. The van der Waals surface area contributed by atoms with Crippen LogP contribution in [-0.4, -0.2) is 195 Å². The number of carbonyl (C=O) groups is 8. The Kier molecular flexibility index (Phi) is 30.3. The van der Waals surface area contributed by atoms with Gasteiger partial charge in [-0.1, -0.05) is 146 Å². The summed E-state index contributed by atoms with van der Waals surface area (Å²) in [7, 11) is 2.83. The van der Waals surface area contributed by atoms with Crippen molar-refractivity contribution < 1.29 is 80.9 Å². The monoisotopic (exact) mass is 1350 g/mol. The Bertz CT molecular complexity index is 3480. The number of carboxylic acids is 1. The molecule has 2 aromatic heterocycles. The van der Waals surface area contributed by atoms with E-state index in [2.05, 4.69) is 48.2 Å². The van der Waals surface area contributed by atoms with Gasteiger partial charge in [0.1, 0.15) is 11.2 Å². The van der Waals surface area contributed by atoms with Gasteiger partial charge in [-0.25, -0.2) is 0 Å². The van der Waals surface area contributed by atoms with E-state index in [9.17, 15) is 43.5 Å². The predicted octanol–water partition coefficient (Wildman–Crippen LogP) is 6.95. The molecular weight excluding hydrogens is 1260 g/mol. The quantitative estimate of drug-likeness (QED) is 0.0292. The van der Waals surface area contributed by atoms with Crippen molar-refractivity contribution in [3.05, 3.63) is 179 Å². The highest BCUT2D eigenvalue weighted by Gasteiger charge is 2.51. The molecule has 0 bridgehead atoms. The summed E-state index contributed by atoms with van der Waals surface area (Å²) in [4.78, 5) is 108. The van der Waals surface area contributed by atoms with Crippen molar-refractivity contribution in [1.82, 2.24) is 36.1 Å². The van der Waals surface area contributed by atoms with Crippen LogP contribution < -0.4 is 16.0 Å². The number of amides is 3. The summed E-state index contributed by atoms with van der Waals surface area (Å²) in [6.45, 7) is 12.9. The molecule has 4 N–H and O–H groups in total. The standard InChI is InChI=1S/C36H44N4O8.C24H31N3O7.C13H16O2.CH4/c1-36(24-47-36)33(42)30(19-26-11-7-4-8-12-26)38-34(43)27(23-45-2)20-32(41)29(14-13-25-9-5-3-6-10-25)37-35(44)31-21-28(48-39-31)22-40-15-17-46-18-16-40;1-32-16-18(24(30)31)13-22(28)20(8-7-17-5-3-2-4-6-17)25-23(29)21-14-19(34-26-21)15-27-9-11-33-12-10-27;1-10(12(14)13(2)9-15-13)8-11-6-4-3-5-7-11;/h3-12,21,27,29-30H,13-20,22-24H2,1-2H3,(H,37,44)(H,38,43);2-6,14,18,20H,7-13,15-16H2,1H3,(H,25,29)(H,30,31);3-7,10H,8-9H2,1-2H3;1H4/t27-,29-,30-,36+;18-,20-;10-,13+;/m000./s1. The fourth-order valence-corrected chi connectivity index (χ4v) is 11.4. The zero-order chi connectivity index (χ0) is 69.2. The first-order valence-electron chi connectivity index (χ1n) is 33.0. The molecule has 3 amide bonds. The minimum Gasteiger partial charge on any atom is -0.481 e. The summed E-state index contributed by atoms with van der Waals surface area (Å²) in [5.41, 5.74) is 2.82. The Hall–Kier alpha value is -8.46. The van der Waals surface area contributed by atoms with Crippen molar-refractivity contribution in [2.24, 2.45) is 17.8 Å². The zero-order valence-corrected chi connectivity index (χ0v) is 56.0. The number of epoxide rings is 2. The smallest absolute Gasteiger partial charge is 0.309 e. The third-order valence-corrected chi connectivity index (χ3v) is 17.4. The number of ether oxygens (including phenoxy) is 6. The average molecular weight is 1350 g/mol. The molecule has 528 valence electrons. The molecule has 6 heterocycles. The van der Waals surface area contributed by atoms with Gasteiger partial charge in [-0.15, -0.1) is 0 Å². The first-order chi connectivity index (χ1) is 46.8. The molecule has 4 aliphatic heterocycles. The van der Waals surface area contributed by atoms with Gasteiger partial charge in [-0.2, -0.15) is 0 Å². The van der Waals surface area contributed by atoms with Crippen LogP contribution in [0.1, 0.15) is 109 Å². The van der Waals surface area contributed by atoms with Crippen LogP contribution in [0.3, 0.4) is 0 Å². The lowest BCUT2D eigenvalue weighted by atomic mass is 9.90.